The molecular formula is C12H18N2O. The number of rotatable bonds is 2. The molecule has 0 saturated carbocycles. The van der Waals surface area contributed by atoms with E-state index in [0.717, 1.165) is 5.69 Å². The minimum absolute atomic E-state index is 0.0671. The monoisotopic (exact) mass is 206 g/mol. The van der Waals surface area contributed by atoms with Crippen molar-refractivity contribution >= 4 is 11.7 Å². The fourth-order valence-electron chi connectivity index (χ4n) is 1.53. The summed E-state index contributed by atoms with van der Waals surface area (Å²) in [5.41, 5.74) is 3.26. The molecule has 1 N–H and O–H groups in total. The lowest BCUT2D eigenvalue weighted by Gasteiger charge is -2.18. The fraction of sp³-hybridized carbons (Fsp3) is 0.417. The molecular weight excluding hydrogens is 188 g/mol. The molecule has 1 rings (SSSR count). The smallest absolute Gasteiger partial charge is 0.321 e. The van der Waals surface area contributed by atoms with Gasteiger partial charge in [0, 0.05) is 19.3 Å². The molecule has 0 atom stereocenters. The van der Waals surface area contributed by atoms with Crippen LogP contribution in [0.25, 0.3) is 0 Å². The second-order valence-electron chi connectivity index (χ2n) is 3.74. The van der Waals surface area contributed by atoms with Gasteiger partial charge in [0.1, 0.15) is 0 Å². The van der Waals surface area contributed by atoms with E-state index in [9.17, 15) is 4.79 Å². The van der Waals surface area contributed by atoms with Crippen molar-refractivity contribution in [1.82, 2.24) is 5.32 Å². The normalized spacial score (nSPS) is 9.87. The molecule has 1 aromatic rings. The number of anilines is 1. The summed E-state index contributed by atoms with van der Waals surface area (Å²) in [6.45, 7) is 6.62. The second kappa shape index (κ2) is 4.82. The summed E-state index contributed by atoms with van der Waals surface area (Å²) in [5.74, 6) is 0. The molecule has 0 heterocycles. The summed E-state index contributed by atoms with van der Waals surface area (Å²) in [6, 6.07) is 6.03. The largest absolute Gasteiger partial charge is 0.338 e. The van der Waals surface area contributed by atoms with Crippen LogP contribution in [0.1, 0.15) is 18.1 Å². The van der Waals surface area contributed by atoms with Crippen molar-refractivity contribution in [2.24, 2.45) is 0 Å². The summed E-state index contributed by atoms with van der Waals surface area (Å²) in [6.07, 6.45) is 0. The van der Waals surface area contributed by atoms with Crippen LogP contribution in [0, 0.1) is 13.8 Å². The van der Waals surface area contributed by atoms with Gasteiger partial charge in [0.05, 0.1) is 0 Å². The first-order valence-corrected chi connectivity index (χ1v) is 5.14. The Balaban J connectivity index is 2.90. The van der Waals surface area contributed by atoms with E-state index in [1.54, 1.807) is 11.9 Å². The third-order valence-corrected chi connectivity index (χ3v) is 2.23. The zero-order valence-electron chi connectivity index (χ0n) is 9.79. The van der Waals surface area contributed by atoms with E-state index in [2.05, 4.69) is 11.4 Å². The molecule has 2 amide bonds. The van der Waals surface area contributed by atoms with Gasteiger partial charge in [-0.2, -0.15) is 0 Å². The van der Waals surface area contributed by atoms with Gasteiger partial charge in [-0.1, -0.05) is 6.07 Å². The summed E-state index contributed by atoms with van der Waals surface area (Å²) in [7, 11) is 1.78. The van der Waals surface area contributed by atoms with E-state index in [1.807, 2.05) is 32.9 Å². The molecule has 3 nitrogen and oxygen atoms in total. The number of carbonyl (C=O) groups is 1. The lowest BCUT2D eigenvalue weighted by atomic mass is 10.1. The van der Waals surface area contributed by atoms with Crippen molar-refractivity contribution in [3.63, 3.8) is 0 Å². The van der Waals surface area contributed by atoms with E-state index >= 15 is 0 Å². The summed E-state index contributed by atoms with van der Waals surface area (Å²) in [5, 5.41) is 2.77. The topological polar surface area (TPSA) is 32.3 Å². The highest BCUT2D eigenvalue weighted by molar-refractivity contribution is 5.91. The van der Waals surface area contributed by atoms with Crippen molar-refractivity contribution in [1.29, 1.82) is 0 Å². The molecule has 0 radical (unpaired) electrons. The summed E-state index contributed by atoms with van der Waals surface area (Å²) in [4.78, 5) is 13.2. The Hall–Kier alpha value is -1.51. The van der Waals surface area contributed by atoms with E-state index in [1.165, 1.54) is 11.1 Å². The zero-order chi connectivity index (χ0) is 11.4. The lowest BCUT2D eigenvalue weighted by Crippen LogP contribution is -2.37. The Morgan fingerprint density at radius 2 is 1.80 bits per heavy atom. The van der Waals surface area contributed by atoms with Crippen LogP contribution in [-0.4, -0.2) is 19.6 Å². The minimum atomic E-state index is -0.0671. The van der Waals surface area contributed by atoms with Gasteiger partial charge in [-0.25, -0.2) is 4.79 Å². The molecule has 0 fully saturated rings. The van der Waals surface area contributed by atoms with Crippen molar-refractivity contribution < 1.29 is 4.79 Å². The van der Waals surface area contributed by atoms with Crippen molar-refractivity contribution in [2.75, 3.05) is 18.5 Å². The maximum Gasteiger partial charge on any atom is 0.321 e. The first kappa shape index (κ1) is 11.6. The van der Waals surface area contributed by atoms with Gasteiger partial charge in [0.25, 0.3) is 0 Å². The molecule has 0 spiro atoms. The number of amides is 2. The molecule has 0 unspecified atom stereocenters. The maximum atomic E-state index is 11.6. The molecule has 0 aliphatic rings. The van der Waals surface area contributed by atoms with E-state index in [4.69, 9.17) is 0 Å². The van der Waals surface area contributed by atoms with Crippen LogP contribution in [0.4, 0.5) is 10.5 Å². The number of nitrogens with one attached hydrogen (secondary N) is 1. The molecule has 0 aromatic heterocycles. The van der Waals surface area contributed by atoms with Gasteiger partial charge in [-0.15, -0.1) is 0 Å². The van der Waals surface area contributed by atoms with Gasteiger partial charge in [0.15, 0.2) is 0 Å². The van der Waals surface area contributed by atoms with Crippen LogP contribution in [0.15, 0.2) is 18.2 Å². The van der Waals surface area contributed by atoms with Crippen molar-refractivity contribution in [3.05, 3.63) is 29.3 Å². The van der Waals surface area contributed by atoms with Crippen LogP contribution in [0.3, 0.4) is 0 Å². The van der Waals surface area contributed by atoms with Gasteiger partial charge in [-0.3, -0.25) is 4.90 Å². The number of hydrogen-bond acceptors (Lipinski definition) is 1. The Morgan fingerprint density at radius 1 is 1.27 bits per heavy atom. The quantitative estimate of drug-likeness (QED) is 0.792. The minimum Gasteiger partial charge on any atom is -0.338 e. The maximum absolute atomic E-state index is 11.6. The second-order valence-corrected chi connectivity index (χ2v) is 3.74. The van der Waals surface area contributed by atoms with Crippen LogP contribution < -0.4 is 10.2 Å². The number of aryl methyl sites for hydroxylation is 2. The Kier molecular flexibility index (Phi) is 3.72. The van der Waals surface area contributed by atoms with Crippen LogP contribution in [0.2, 0.25) is 0 Å². The fourth-order valence-corrected chi connectivity index (χ4v) is 1.53. The van der Waals surface area contributed by atoms with Gasteiger partial charge in [0.2, 0.25) is 0 Å². The Morgan fingerprint density at radius 3 is 2.27 bits per heavy atom. The zero-order valence-corrected chi connectivity index (χ0v) is 9.79. The molecule has 0 bridgehead atoms. The third kappa shape index (κ3) is 2.98. The van der Waals surface area contributed by atoms with Gasteiger partial charge in [-0.05, 0) is 44.0 Å². The summed E-state index contributed by atoms with van der Waals surface area (Å²) >= 11 is 0. The van der Waals surface area contributed by atoms with E-state index < -0.39 is 0 Å². The number of urea groups is 1. The summed E-state index contributed by atoms with van der Waals surface area (Å²) < 4.78 is 0. The average molecular weight is 206 g/mol. The SMILES string of the molecule is CCNC(=O)N(C)c1cc(C)cc(C)c1. The number of carbonyl (C=O) groups excluding carboxylic acids is 1. The molecule has 15 heavy (non-hydrogen) atoms. The van der Waals surface area contributed by atoms with Gasteiger partial charge < -0.3 is 5.32 Å². The highest BCUT2D eigenvalue weighted by Gasteiger charge is 2.09. The number of hydrogen-bond donors (Lipinski definition) is 1. The lowest BCUT2D eigenvalue weighted by molar-refractivity contribution is 0.248. The molecule has 0 aliphatic carbocycles. The van der Waals surface area contributed by atoms with Crippen LogP contribution >= 0.6 is 0 Å². The van der Waals surface area contributed by atoms with E-state index in [0.29, 0.717) is 6.54 Å². The molecule has 82 valence electrons. The highest BCUT2D eigenvalue weighted by Crippen LogP contribution is 2.17. The molecule has 0 saturated heterocycles. The Bertz CT molecular complexity index is 340. The first-order chi connectivity index (χ1) is 7.04. The predicted octanol–water partition coefficient (Wildman–Crippen LogP) is 2.47. The highest BCUT2D eigenvalue weighted by atomic mass is 16.2. The van der Waals surface area contributed by atoms with Crippen LogP contribution in [-0.2, 0) is 0 Å². The molecule has 0 aliphatic heterocycles. The molecule has 1 aromatic carbocycles. The average Bonchev–Trinajstić information content (AvgIpc) is 2.15. The molecule has 3 heteroatoms. The third-order valence-electron chi connectivity index (χ3n) is 2.23. The number of benzene rings is 1. The van der Waals surface area contributed by atoms with Gasteiger partial charge >= 0.3 is 6.03 Å². The van der Waals surface area contributed by atoms with Crippen LogP contribution in [0.5, 0.6) is 0 Å². The predicted molar refractivity (Wildman–Crippen MR) is 63.4 cm³/mol. The number of nitrogens with zero attached hydrogens (tertiary/aromatic N) is 1. The van der Waals surface area contributed by atoms with Crippen molar-refractivity contribution in [3.8, 4) is 0 Å². The van der Waals surface area contributed by atoms with E-state index in [-0.39, 0.29) is 6.03 Å². The van der Waals surface area contributed by atoms with Crippen molar-refractivity contribution in [2.45, 2.75) is 20.8 Å². The Labute approximate surface area is 91.1 Å². The first-order valence-electron chi connectivity index (χ1n) is 5.14. The standard InChI is InChI=1S/C12H18N2O/c1-5-13-12(15)14(4)11-7-9(2)6-10(3)8-11/h6-8H,5H2,1-4H3,(H,13,15).